The second-order valence-electron chi connectivity index (χ2n) is 3.13. The van der Waals surface area contributed by atoms with E-state index in [-0.39, 0.29) is 13.2 Å². The fourth-order valence-corrected chi connectivity index (χ4v) is 0.717. The first kappa shape index (κ1) is 13.7. The lowest BCUT2D eigenvalue weighted by Gasteiger charge is -1.98. The number of aryl methyl sites for hydroxylation is 1. The zero-order chi connectivity index (χ0) is 11.8. The molecule has 1 aromatic rings. The summed E-state index contributed by atoms with van der Waals surface area (Å²) < 4.78 is 0. The van der Waals surface area contributed by atoms with Gasteiger partial charge in [0.1, 0.15) is 6.10 Å². The van der Waals surface area contributed by atoms with E-state index in [1.807, 2.05) is 19.1 Å². The van der Waals surface area contributed by atoms with Gasteiger partial charge in [0.25, 0.3) is 0 Å². The molecule has 0 amide bonds. The van der Waals surface area contributed by atoms with E-state index in [4.69, 9.17) is 26.8 Å². The second kappa shape index (κ2) is 7.05. The Morgan fingerprint density at radius 3 is 2.00 bits per heavy atom. The largest absolute Gasteiger partial charge is 0.399 e. The van der Waals surface area contributed by atoms with Gasteiger partial charge in [-0.1, -0.05) is 6.07 Å². The maximum atomic E-state index is 8.17. The van der Waals surface area contributed by atoms with Crippen molar-refractivity contribution in [2.45, 2.75) is 13.0 Å². The molecule has 0 heterocycles. The Bertz CT molecular complexity index is 288. The van der Waals surface area contributed by atoms with Gasteiger partial charge in [0.15, 0.2) is 0 Å². The number of aliphatic hydroxyl groups excluding tert-OH is 3. The molecule has 0 saturated carbocycles. The average molecular weight is 214 g/mol. The van der Waals surface area contributed by atoms with Crippen LogP contribution in [0.1, 0.15) is 5.56 Å². The van der Waals surface area contributed by atoms with Crippen LogP contribution >= 0.6 is 0 Å². The van der Waals surface area contributed by atoms with Crippen molar-refractivity contribution in [3.63, 3.8) is 0 Å². The minimum atomic E-state index is -0.954. The highest BCUT2D eigenvalue weighted by molar-refractivity contribution is 5.55. The maximum absolute atomic E-state index is 8.17. The van der Waals surface area contributed by atoms with E-state index in [1.165, 1.54) is 0 Å². The number of anilines is 2. The van der Waals surface area contributed by atoms with Gasteiger partial charge in [-0.05, 0) is 24.6 Å². The van der Waals surface area contributed by atoms with Crippen molar-refractivity contribution in [3.05, 3.63) is 23.8 Å². The Morgan fingerprint density at radius 1 is 1.20 bits per heavy atom. The first-order chi connectivity index (χ1) is 7.01. The van der Waals surface area contributed by atoms with Crippen molar-refractivity contribution < 1.29 is 15.3 Å². The zero-order valence-corrected chi connectivity index (χ0v) is 8.72. The molecule has 0 bridgehead atoms. The molecule has 5 nitrogen and oxygen atoms in total. The van der Waals surface area contributed by atoms with E-state index in [0.717, 1.165) is 16.9 Å². The molecule has 0 fully saturated rings. The van der Waals surface area contributed by atoms with Crippen LogP contribution in [0.4, 0.5) is 11.4 Å². The van der Waals surface area contributed by atoms with Crippen LogP contribution in [0.5, 0.6) is 0 Å². The fourth-order valence-electron chi connectivity index (χ4n) is 0.717. The third-order valence-electron chi connectivity index (χ3n) is 1.72. The van der Waals surface area contributed by atoms with Crippen LogP contribution in [-0.2, 0) is 0 Å². The van der Waals surface area contributed by atoms with E-state index in [9.17, 15) is 0 Å². The molecule has 0 atom stereocenters. The van der Waals surface area contributed by atoms with Crippen LogP contribution < -0.4 is 11.5 Å². The predicted molar refractivity (Wildman–Crippen MR) is 60.2 cm³/mol. The summed E-state index contributed by atoms with van der Waals surface area (Å²) in [6.45, 7) is 1.22. The SMILES string of the molecule is Cc1ccc(N)cc1N.OCC(O)CO. The van der Waals surface area contributed by atoms with Crippen LogP contribution in [0, 0.1) is 6.92 Å². The molecule has 86 valence electrons. The Morgan fingerprint density at radius 2 is 1.73 bits per heavy atom. The molecule has 0 saturated heterocycles. The lowest BCUT2D eigenvalue weighted by atomic mass is 10.2. The van der Waals surface area contributed by atoms with Gasteiger partial charge < -0.3 is 26.8 Å². The van der Waals surface area contributed by atoms with Crippen molar-refractivity contribution in [1.82, 2.24) is 0 Å². The summed E-state index contributed by atoms with van der Waals surface area (Å²) in [5.74, 6) is 0. The van der Waals surface area contributed by atoms with E-state index < -0.39 is 6.10 Å². The monoisotopic (exact) mass is 214 g/mol. The summed E-state index contributed by atoms with van der Waals surface area (Å²) in [7, 11) is 0. The van der Waals surface area contributed by atoms with Gasteiger partial charge in [0.05, 0.1) is 13.2 Å². The van der Waals surface area contributed by atoms with Gasteiger partial charge in [0, 0.05) is 11.4 Å². The molecule has 5 heteroatoms. The van der Waals surface area contributed by atoms with Gasteiger partial charge in [0.2, 0.25) is 0 Å². The molecule has 0 radical (unpaired) electrons. The van der Waals surface area contributed by atoms with E-state index >= 15 is 0 Å². The molecule has 1 rings (SSSR count). The summed E-state index contributed by atoms with van der Waals surface area (Å²) in [4.78, 5) is 0. The minimum Gasteiger partial charge on any atom is -0.399 e. The molecule has 0 aliphatic heterocycles. The molecule has 0 aliphatic rings. The Hall–Kier alpha value is -1.30. The summed E-state index contributed by atoms with van der Waals surface area (Å²) in [5, 5.41) is 24.0. The normalized spacial score (nSPS) is 9.67. The van der Waals surface area contributed by atoms with Crippen molar-refractivity contribution in [3.8, 4) is 0 Å². The van der Waals surface area contributed by atoms with Crippen LogP contribution in [0.3, 0.4) is 0 Å². The number of nitrogen functional groups attached to an aromatic ring is 2. The van der Waals surface area contributed by atoms with Gasteiger partial charge in [-0.3, -0.25) is 0 Å². The number of rotatable bonds is 2. The van der Waals surface area contributed by atoms with Crippen molar-refractivity contribution in [1.29, 1.82) is 0 Å². The average Bonchev–Trinajstić information content (AvgIpc) is 2.23. The van der Waals surface area contributed by atoms with Crippen molar-refractivity contribution in [2.75, 3.05) is 24.7 Å². The smallest absolute Gasteiger partial charge is 0.100 e. The quantitative estimate of drug-likeness (QED) is 0.426. The Kier molecular flexibility index (Phi) is 6.44. The summed E-state index contributed by atoms with van der Waals surface area (Å²) in [6.07, 6.45) is -0.954. The highest BCUT2D eigenvalue weighted by Crippen LogP contribution is 2.13. The highest BCUT2D eigenvalue weighted by atomic mass is 16.3. The first-order valence-electron chi connectivity index (χ1n) is 4.52. The van der Waals surface area contributed by atoms with E-state index in [0.29, 0.717) is 0 Å². The van der Waals surface area contributed by atoms with E-state index in [1.54, 1.807) is 6.07 Å². The third kappa shape index (κ3) is 5.90. The van der Waals surface area contributed by atoms with Gasteiger partial charge in [-0.15, -0.1) is 0 Å². The number of nitrogens with two attached hydrogens (primary N) is 2. The topological polar surface area (TPSA) is 113 Å². The summed E-state index contributed by atoms with van der Waals surface area (Å²) in [6, 6.07) is 5.51. The number of benzene rings is 1. The predicted octanol–water partition coefficient (Wildman–Crippen LogP) is -0.509. The first-order valence-corrected chi connectivity index (χ1v) is 4.52. The van der Waals surface area contributed by atoms with Crippen LogP contribution in [0.25, 0.3) is 0 Å². The van der Waals surface area contributed by atoms with E-state index in [2.05, 4.69) is 0 Å². The summed E-state index contributed by atoms with van der Waals surface area (Å²) >= 11 is 0. The van der Waals surface area contributed by atoms with Crippen molar-refractivity contribution in [2.24, 2.45) is 0 Å². The molecule has 15 heavy (non-hydrogen) atoms. The fraction of sp³-hybridized carbons (Fsp3) is 0.400. The number of hydrogen-bond acceptors (Lipinski definition) is 5. The third-order valence-corrected chi connectivity index (χ3v) is 1.72. The Balaban J connectivity index is 0.000000288. The standard InChI is InChI=1S/C7H10N2.C3H8O3/c1-5-2-3-6(8)4-7(5)9;4-1-3(6)2-5/h2-4H,8-9H2,1H3;3-6H,1-2H2. The van der Waals surface area contributed by atoms with Crippen molar-refractivity contribution >= 4 is 11.4 Å². The second-order valence-corrected chi connectivity index (χ2v) is 3.13. The van der Waals surface area contributed by atoms with Crippen LogP contribution in [-0.4, -0.2) is 34.6 Å². The molecule has 7 N–H and O–H groups in total. The Labute approximate surface area is 89.0 Å². The minimum absolute atomic E-state index is 0.365. The molecular weight excluding hydrogens is 196 g/mol. The molecular formula is C10H18N2O3. The van der Waals surface area contributed by atoms with Crippen LogP contribution in [0.2, 0.25) is 0 Å². The van der Waals surface area contributed by atoms with Gasteiger partial charge in [-0.25, -0.2) is 0 Å². The maximum Gasteiger partial charge on any atom is 0.100 e. The molecule has 0 unspecified atom stereocenters. The number of aliphatic hydroxyl groups is 3. The van der Waals surface area contributed by atoms with Gasteiger partial charge >= 0.3 is 0 Å². The molecule has 0 spiro atoms. The summed E-state index contributed by atoms with van der Waals surface area (Å²) in [5.41, 5.74) is 13.5. The van der Waals surface area contributed by atoms with Gasteiger partial charge in [-0.2, -0.15) is 0 Å². The molecule has 1 aromatic carbocycles. The molecule has 0 aromatic heterocycles. The zero-order valence-electron chi connectivity index (χ0n) is 8.72. The number of hydrogen-bond donors (Lipinski definition) is 5. The van der Waals surface area contributed by atoms with Crippen LogP contribution in [0.15, 0.2) is 18.2 Å². The molecule has 0 aliphatic carbocycles. The lowest BCUT2D eigenvalue weighted by molar-refractivity contribution is 0.0450. The lowest BCUT2D eigenvalue weighted by Crippen LogP contribution is -2.15. The highest BCUT2D eigenvalue weighted by Gasteiger charge is 1.93.